The Morgan fingerprint density at radius 1 is 1.50 bits per heavy atom. The number of hydrogen-bond donors (Lipinski definition) is 1. The molecule has 0 aromatic carbocycles. The van der Waals surface area contributed by atoms with Gasteiger partial charge in [-0.15, -0.1) is 0 Å². The van der Waals surface area contributed by atoms with Gasteiger partial charge in [0.05, 0.1) is 4.92 Å². The first-order valence-electron chi connectivity index (χ1n) is 6.73. The Morgan fingerprint density at radius 3 is 2.45 bits per heavy atom. The van der Waals surface area contributed by atoms with E-state index >= 15 is 0 Å². The lowest BCUT2D eigenvalue weighted by Gasteiger charge is -2.29. The Morgan fingerprint density at radius 2 is 2.05 bits per heavy atom. The molecule has 0 aliphatic rings. The normalized spacial score (nSPS) is 12.0. The molecule has 0 fully saturated rings. The van der Waals surface area contributed by atoms with E-state index in [1.165, 1.54) is 0 Å². The van der Waals surface area contributed by atoms with Gasteiger partial charge in [-0.25, -0.2) is 4.68 Å². The molecule has 0 radical (unpaired) electrons. The van der Waals surface area contributed by atoms with Crippen molar-refractivity contribution in [1.29, 1.82) is 0 Å². The molecule has 2 N–H and O–H groups in total. The summed E-state index contributed by atoms with van der Waals surface area (Å²) in [6, 6.07) is 0. The van der Waals surface area contributed by atoms with Gasteiger partial charge in [0.1, 0.15) is 5.69 Å². The van der Waals surface area contributed by atoms with Crippen LogP contribution >= 0.6 is 0 Å². The fraction of sp³-hybridized carbons (Fsp3) is 0.769. The molecule has 114 valence electrons. The van der Waals surface area contributed by atoms with Crippen molar-refractivity contribution in [2.45, 2.75) is 33.6 Å². The standard InChI is InChI=1S/C13H25N5O2/c1-9(2)10-11(18(19)20)12(17(6)15-10)16(5)8-13(3,4)7-14/h9H,7-8,14H2,1-6H3. The topological polar surface area (TPSA) is 90.2 Å². The zero-order valence-corrected chi connectivity index (χ0v) is 13.2. The number of anilines is 1. The Labute approximate surface area is 119 Å². The number of nitrogens with zero attached hydrogens (tertiary/aromatic N) is 4. The quantitative estimate of drug-likeness (QED) is 0.636. The Balaban J connectivity index is 3.27. The molecule has 1 heterocycles. The summed E-state index contributed by atoms with van der Waals surface area (Å²) in [6.45, 7) is 9.03. The third kappa shape index (κ3) is 3.27. The average molecular weight is 283 g/mol. The van der Waals surface area contributed by atoms with Crippen LogP contribution in [0.3, 0.4) is 0 Å². The Bertz CT molecular complexity index is 493. The van der Waals surface area contributed by atoms with Crippen molar-refractivity contribution in [3.8, 4) is 0 Å². The summed E-state index contributed by atoms with van der Waals surface area (Å²) in [4.78, 5) is 12.9. The van der Waals surface area contributed by atoms with Gasteiger partial charge in [-0.2, -0.15) is 5.10 Å². The lowest BCUT2D eigenvalue weighted by atomic mass is 9.93. The number of nitro groups is 1. The smallest absolute Gasteiger partial charge is 0.334 e. The van der Waals surface area contributed by atoms with Crippen molar-refractivity contribution in [3.63, 3.8) is 0 Å². The first kappa shape index (κ1) is 16.4. The average Bonchev–Trinajstić information content (AvgIpc) is 2.66. The highest BCUT2D eigenvalue weighted by Gasteiger charge is 2.32. The number of aryl methyl sites for hydroxylation is 1. The van der Waals surface area contributed by atoms with E-state index in [4.69, 9.17) is 5.73 Å². The van der Waals surface area contributed by atoms with Gasteiger partial charge < -0.3 is 10.6 Å². The van der Waals surface area contributed by atoms with Gasteiger partial charge in [0.25, 0.3) is 0 Å². The first-order chi connectivity index (χ1) is 9.10. The van der Waals surface area contributed by atoms with Crippen LogP contribution in [0.1, 0.15) is 39.3 Å². The van der Waals surface area contributed by atoms with Crippen molar-refractivity contribution >= 4 is 11.5 Å². The van der Waals surface area contributed by atoms with Crippen LogP contribution in [0.15, 0.2) is 0 Å². The molecule has 1 rings (SSSR count). The molecule has 0 aliphatic carbocycles. The molecule has 20 heavy (non-hydrogen) atoms. The molecule has 1 aromatic rings. The highest BCUT2D eigenvalue weighted by Crippen LogP contribution is 2.35. The van der Waals surface area contributed by atoms with E-state index in [-0.39, 0.29) is 21.9 Å². The second-order valence-corrected chi connectivity index (χ2v) is 6.32. The van der Waals surface area contributed by atoms with Gasteiger partial charge in [-0.05, 0) is 12.0 Å². The summed E-state index contributed by atoms with van der Waals surface area (Å²) in [6.07, 6.45) is 0. The van der Waals surface area contributed by atoms with Crippen LogP contribution in [-0.4, -0.2) is 34.8 Å². The van der Waals surface area contributed by atoms with Crippen molar-refractivity contribution in [3.05, 3.63) is 15.8 Å². The minimum atomic E-state index is -0.344. The lowest BCUT2D eigenvalue weighted by molar-refractivity contribution is -0.385. The molecule has 0 amide bonds. The van der Waals surface area contributed by atoms with E-state index in [0.717, 1.165) is 0 Å². The molecule has 0 saturated heterocycles. The van der Waals surface area contributed by atoms with Gasteiger partial charge in [0.2, 0.25) is 5.82 Å². The summed E-state index contributed by atoms with van der Waals surface area (Å²) in [7, 11) is 3.58. The van der Waals surface area contributed by atoms with Crippen LogP contribution in [0.25, 0.3) is 0 Å². The Kier molecular flexibility index (Phi) is 4.75. The van der Waals surface area contributed by atoms with Gasteiger partial charge in [-0.1, -0.05) is 27.7 Å². The van der Waals surface area contributed by atoms with Gasteiger partial charge in [0.15, 0.2) is 0 Å². The maximum Gasteiger partial charge on any atom is 0.334 e. The minimum absolute atomic E-state index is 0.00580. The van der Waals surface area contributed by atoms with Crippen LogP contribution in [0.5, 0.6) is 0 Å². The number of aromatic nitrogens is 2. The maximum absolute atomic E-state index is 11.4. The fourth-order valence-corrected chi connectivity index (χ4v) is 2.30. The van der Waals surface area contributed by atoms with Crippen LogP contribution in [0, 0.1) is 15.5 Å². The van der Waals surface area contributed by atoms with Crippen molar-refractivity contribution < 1.29 is 4.92 Å². The summed E-state index contributed by atoms with van der Waals surface area (Å²) >= 11 is 0. The van der Waals surface area contributed by atoms with Crippen LogP contribution in [0.4, 0.5) is 11.5 Å². The van der Waals surface area contributed by atoms with Crippen molar-refractivity contribution in [1.82, 2.24) is 9.78 Å². The number of hydrogen-bond acceptors (Lipinski definition) is 5. The summed E-state index contributed by atoms with van der Waals surface area (Å²) in [5.41, 5.74) is 6.23. The number of nitrogens with two attached hydrogens (primary N) is 1. The van der Waals surface area contributed by atoms with Gasteiger partial charge in [0, 0.05) is 26.6 Å². The van der Waals surface area contributed by atoms with Crippen molar-refractivity contribution in [2.24, 2.45) is 18.2 Å². The van der Waals surface area contributed by atoms with Crippen molar-refractivity contribution in [2.75, 3.05) is 25.0 Å². The zero-order chi connectivity index (χ0) is 15.7. The van der Waals surface area contributed by atoms with Crippen LogP contribution in [0.2, 0.25) is 0 Å². The predicted octanol–water partition coefficient (Wildman–Crippen LogP) is 1.87. The highest BCUT2D eigenvalue weighted by atomic mass is 16.6. The molecule has 0 unspecified atom stereocenters. The summed E-state index contributed by atoms with van der Waals surface area (Å²) in [5, 5.41) is 15.7. The third-order valence-electron chi connectivity index (χ3n) is 3.33. The molecule has 0 atom stereocenters. The second-order valence-electron chi connectivity index (χ2n) is 6.32. The maximum atomic E-state index is 11.4. The lowest BCUT2D eigenvalue weighted by Crippen LogP contribution is -2.37. The van der Waals surface area contributed by atoms with Gasteiger partial charge >= 0.3 is 5.69 Å². The molecular formula is C13H25N5O2. The highest BCUT2D eigenvalue weighted by molar-refractivity contribution is 5.62. The monoisotopic (exact) mass is 283 g/mol. The molecular weight excluding hydrogens is 258 g/mol. The minimum Gasteiger partial charge on any atom is -0.354 e. The molecule has 7 nitrogen and oxygen atoms in total. The largest absolute Gasteiger partial charge is 0.354 e. The van der Waals surface area contributed by atoms with E-state index in [0.29, 0.717) is 24.6 Å². The SMILES string of the molecule is CC(C)c1nn(C)c(N(C)CC(C)(C)CN)c1[N+](=O)[O-]. The Hall–Kier alpha value is -1.63. The van der Waals surface area contributed by atoms with Crippen LogP contribution < -0.4 is 10.6 Å². The summed E-state index contributed by atoms with van der Waals surface area (Å²) < 4.78 is 1.58. The molecule has 7 heteroatoms. The third-order valence-corrected chi connectivity index (χ3v) is 3.33. The fourth-order valence-electron chi connectivity index (χ4n) is 2.30. The molecule has 0 aliphatic heterocycles. The van der Waals surface area contributed by atoms with E-state index in [2.05, 4.69) is 5.10 Å². The zero-order valence-electron chi connectivity index (χ0n) is 13.2. The van der Waals surface area contributed by atoms with Gasteiger partial charge in [-0.3, -0.25) is 10.1 Å². The predicted molar refractivity (Wildman–Crippen MR) is 80.1 cm³/mol. The second kappa shape index (κ2) is 5.78. The van der Waals surface area contributed by atoms with Crippen LogP contribution in [-0.2, 0) is 7.05 Å². The van der Waals surface area contributed by atoms with E-state index in [9.17, 15) is 10.1 Å². The van der Waals surface area contributed by atoms with E-state index in [1.54, 1.807) is 11.7 Å². The van der Waals surface area contributed by atoms with E-state index in [1.807, 2.05) is 39.6 Å². The molecule has 1 aromatic heterocycles. The molecule has 0 spiro atoms. The molecule has 0 saturated carbocycles. The summed E-state index contributed by atoms with van der Waals surface area (Å²) in [5.74, 6) is 0.534. The number of rotatable bonds is 6. The molecule has 0 bridgehead atoms. The van der Waals surface area contributed by atoms with E-state index < -0.39 is 0 Å². The first-order valence-corrected chi connectivity index (χ1v) is 6.73.